The maximum absolute atomic E-state index is 11.6. The van der Waals surface area contributed by atoms with Gasteiger partial charge in [-0.15, -0.1) is 0 Å². The number of aromatic nitrogens is 1. The largest absolute Gasteiger partial charge is 0.352 e. The number of aryl methyl sites for hydroxylation is 1. The van der Waals surface area contributed by atoms with E-state index in [4.69, 9.17) is 0 Å². The van der Waals surface area contributed by atoms with Crippen molar-refractivity contribution in [2.24, 2.45) is 0 Å². The van der Waals surface area contributed by atoms with E-state index in [9.17, 15) is 4.79 Å². The first-order valence-corrected chi connectivity index (χ1v) is 6.63. The first kappa shape index (κ1) is 13.2. The van der Waals surface area contributed by atoms with Gasteiger partial charge >= 0.3 is 0 Å². The Balaban J connectivity index is 2.27. The molecule has 1 amide bonds. The average Bonchev–Trinajstić information content (AvgIpc) is 2.29. The Morgan fingerprint density at radius 3 is 2.81 bits per heavy atom. The molecule has 0 spiro atoms. The number of pyridine rings is 1. The van der Waals surface area contributed by atoms with Crippen LogP contribution in [0.2, 0.25) is 0 Å². The first-order chi connectivity index (χ1) is 7.74. The Labute approximate surface area is 105 Å². The second kappa shape index (κ2) is 7.39. The van der Waals surface area contributed by atoms with Gasteiger partial charge in [0.2, 0.25) is 0 Å². The van der Waals surface area contributed by atoms with Crippen LogP contribution in [-0.2, 0) is 0 Å². The summed E-state index contributed by atoms with van der Waals surface area (Å²) in [4.78, 5) is 15.7. The smallest absolute Gasteiger partial charge is 0.252 e. The van der Waals surface area contributed by atoms with E-state index in [1.807, 2.05) is 13.0 Å². The third kappa shape index (κ3) is 4.75. The molecule has 1 N–H and O–H groups in total. The summed E-state index contributed by atoms with van der Waals surface area (Å²) < 4.78 is 0. The van der Waals surface area contributed by atoms with Crippen molar-refractivity contribution in [2.45, 2.75) is 26.2 Å². The normalized spacial score (nSPS) is 10.1. The van der Waals surface area contributed by atoms with Gasteiger partial charge in [0, 0.05) is 23.8 Å². The summed E-state index contributed by atoms with van der Waals surface area (Å²) in [5.41, 5.74) is 1.56. The molecule has 0 aliphatic carbocycles. The predicted octanol–water partition coefficient (Wildman–Crippen LogP) is 2.69. The number of alkyl halides is 1. The Kier molecular flexibility index (Phi) is 6.08. The Morgan fingerprint density at radius 2 is 2.19 bits per heavy atom. The van der Waals surface area contributed by atoms with Crippen LogP contribution in [-0.4, -0.2) is 22.8 Å². The second-order valence-corrected chi connectivity index (χ2v) is 4.49. The predicted molar refractivity (Wildman–Crippen MR) is 69.0 cm³/mol. The summed E-state index contributed by atoms with van der Waals surface area (Å²) in [6.07, 6.45) is 4.93. The van der Waals surface area contributed by atoms with Crippen LogP contribution in [0.15, 0.2) is 18.3 Å². The number of nitrogens with zero attached hydrogens (tertiary/aromatic N) is 1. The van der Waals surface area contributed by atoms with Crippen LogP contribution in [0.5, 0.6) is 0 Å². The van der Waals surface area contributed by atoms with Crippen molar-refractivity contribution < 1.29 is 4.79 Å². The zero-order valence-electron chi connectivity index (χ0n) is 9.50. The van der Waals surface area contributed by atoms with Crippen LogP contribution < -0.4 is 5.32 Å². The molecule has 1 heterocycles. The summed E-state index contributed by atoms with van der Waals surface area (Å²) in [6, 6.07) is 3.65. The van der Waals surface area contributed by atoms with Gasteiger partial charge in [0.25, 0.3) is 5.91 Å². The van der Waals surface area contributed by atoms with Gasteiger partial charge in [-0.25, -0.2) is 0 Å². The van der Waals surface area contributed by atoms with Gasteiger partial charge in [-0.1, -0.05) is 22.4 Å². The molecule has 1 aromatic heterocycles. The van der Waals surface area contributed by atoms with E-state index in [1.165, 1.54) is 0 Å². The summed E-state index contributed by atoms with van der Waals surface area (Å²) in [5.74, 6) is -0.0358. The fourth-order valence-electron chi connectivity index (χ4n) is 1.30. The number of unbranched alkanes of at least 4 members (excludes halogenated alkanes) is 2. The van der Waals surface area contributed by atoms with Crippen molar-refractivity contribution in [3.8, 4) is 0 Å². The number of carbonyl (C=O) groups excluding carboxylic acids is 1. The average molecular weight is 285 g/mol. The number of amides is 1. The molecule has 0 aliphatic rings. The van der Waals surface area contributed by atoms with Crippen molar-refractivity contribution >= 4 is 21.8 Å². The van der Waals surface area contributed by atoms with E-state index in [2.05, 4.69) is 26.2 Å². The lowest BCUT2D eigenvalue weighted by Crippen LogP contribution is -2.24. The van der Waals surface area contributed by atoms with E-state index in [1.54, 1.807) is 12.3 Å². The zero-order valence-corrected chi connectivity index (χ0v) is 11.1. The molecule has 0 atom stereocenters. The number of nitrogens with one attached hydrogen (secondary N) is 1. The highest BCUT2D eigenvalue weighted by molar-refractivity contribution is 9.09. The van der Waals surface area contributed by atoms with Crippen LogP contribution in [0, 0.1) is 6.92 Å². The Morgan fingerprint density at radius 1 is 1.38 bits per heavy atom. The Hall–Kier alpha value is -0.900. The van der Waals surface area contributed by atoms with Gasteiger partial charge in [-0.2, -0.15) is 0 Å². The maximum atomic E-state index is 11.6. The van der Waals surface area contributed by atoms with Gasteiger partial charge in [0.15, 0.2) is 0 Å². The molecule has 0 radical (unpaired) electrons. The van der Waals surface area contributed by atoms with Crippen molar-refractivity contribution in [3.63, 3.8) is 0 Å². The molecule has 0 bridgehead atoms. The topological polar surface area (TPSA) is 42.0 Å². The van der Waals surface area contributed by atoms with Gasteiger partial charge in [-0.05, 0) is 31.9 Å². The molecule has 0 saturated heterocycles. The van der Waals surface area contributed by atoms with Crippen molar-refractivity contribution in [1.82, 2.24) is 10.3 Å². The lowest BCUT2D eigenvalue weighted by molar-refractivity contribution is 0.0952. The van der Waals surface area contributed by atoms with Crippen molar-refractivity contribution in [3.05, 3.63) is 29.6 Å². The van der Waals surface area contributed by atoms with E-state index in [-0.39, 0.29) is 5.91 Å². The molecular weight excluding hydrogens is 268 g/mol. The molecule has 1 rings (SSSR count). The lowest BCUT2D eigenvalue weighted by Gasteiger charge is -2.04. The zero-order chi connectivity index (χ0) is 11.8. The third-order valence-corrected chi connectivity index (χ3v) is 2.83. The van der Waals surface area contributed by atoms with Crippen LogP contribution in [0.4, 0.5) is 0 Å². The Bertz CT molecular complexity index is 324. The molecule has 0 unspecified atom stereocenters. The molecule has 4 heteroatoms. The first-order valence-electron chi connectivity index (χ1n) is 5.51. The van der Waals surface area contributed by atoms with E-state index < -0.39 is 0 Å². The molecule has 88 valence electrons. The second-order valence-electron chi connectivity index (χ2n) is 3.69. The minimum Gasteiger partial charge on any atom is -0.352 e. The van der Waals surface area contributed by atoms with Gasteiger partial charge in [0.1, 0.15) is 0 Å². The highest BCUT2D eigenvalue weighted by Crippen LogP contribution is 2.00. The number of hydrogen-bond acceptors (Lipinski definition) is 2. The minimum absolute atomic E-state index is 0.0358. The van der Waals surface area contributed by atoms with Gasteiger partial charge in [-0.3, -0.25) is 9.78 Å². The molecule has 0 saturated carbocycles. The lowest BCUT2D eigenvalue weighted by atomic mass is 10.2. The van der Waals surface area contributed by atoms with E-state index in [0.29, 0.717) is 5.56 Å². The van der Waals surface area contributed by atoms with Crippen LogP contribution in [0.3, 0.4) is 0 Å². The number of halogens is 1. The highest BCUT2D eigenvalue weighted by Gasteiger charge is 2.03. The molecule has 0 aromatic carbocycles. The molecular formula is C12H17BrN2O. The summed E-state index contributed by atoms with van der Waals surface area (Å²) in [5, 5.41) is 3.91. The third-order valence-electron chi connectivity index (χ3n) is 2.27. The van der Waals surface area contributed by atoms with E-state index in [0.717, 1.165) is 36.8 Å². The number of rotatable bonds is 6. The fraction of sp³-hybridized carbons (Fsp3) is 0.500. The summed E-state index contributed by atoms with van der Waals surface area (Å²) in [6.45, 7) is 2.64. The number of carbonyl (C=O) groups is 1. The van der Waals surface area contributed by atoms with Crippen LogP contribution in [0.25, 0.3) is 0 Å². The molecule has 1 aromatic rings. The molecule has 16 heavy (non-hydrogen) atoms. The van der Waals surface area contributed by atoms with Crippen LogP contribution >= 0.6 is 15.9 Å². The van der Waals surface area contributed by atoms with Crippen LogP contribution in [0.1, 0.15) is 35.3 Å². The highest BCUT2D eigenvalue weighted by atomic mass is 79.9. The fourth-order valence-corrected chi connectivity index (χ4v) is 1.70. The maximum Gasteiger partial charge on any atom is 0.252 e. The minimum atomic E-state index is -0.0358. The number of hydrogen-bond donors (Lipinski definition) is 1. The van der Waals surface area contributed by atoms with Crippen molar-refractivity contribution in [1.29, 1.82) is 0 Å². The quantitative estimate of drug-likeness (QED) is 0.645. The van der Waals surface area contributed by atoms with Gasteiger partial charge in [0.05, 0.1) is 5.56 Å². The molecule has 0 aliphatic heterocycles. The SMILES string of the molecule is Cc1ccc(C(=O)NCCCCCBr)cn1. The van der Waals surface area contributed by atoms with E-state index >= 15 is 0 Å². The molecule has 3 nitrogen and oxygen atoms in total. The van der Waals surface area contributed by atoms with Gasteiger partial charge < -0.3 is 5.32 Å². The molecule has 0 fully saturated rings. The monoisotopic (exact) mass is 284 g/mol. The van der Waals surface area contributed by atoms with Crippen molar-refractivity contribution in [2.75, 3.05) is 11.9 Å². The summed E-state index contributed by atoms with van der Waals surface area (Å²) >= 11 is 3.38. The standard InChI is InChI=1S/C12H17BrN2O/c1-10-5-6-11(9-15-10)12(16)14-8-4-2-3-7-13/h5-6,9H,2-4,7-8H2,1H3,(H,14,16). The summed E-state index contributed by atoms with van der Waals surface area (Å²) in [7, 11) is 0.